The Kier molecular flexibility index (Phi) is 3.61. The highest BCUT2D eigenvalue weighted by molar-refractivity contribution is 5.99. The number of aromatic nitrogens is 2. The number of nitrogens with zero attached hydrogens (tertiary/aromatic N) is 4. The van der Waals surface area contributed by atoms with Crippen LogP contribution in [-0.4, -0.2) is 34.6 Å². The number of pyridine rings is 2. The van der Waals surface area contributed by atoms with Gasteiger partial charge in [-0.15, -0.1) is 0 Å². The molecule has 0 bridgehead atoms. The van der Waals surface area contributed by atoms with Crippen LogP contribution in [0.25, 0.3) is 10.8 Å². The molecular weight excluding hydrogens is 336 g/mol. The number of nitriles is 1. The van der Waals surface area contributed by atoms with E-state index in [9.17, 15) is 9.59 Å². The van der Waals surface area contributed by atoms with Crippen LogP contribution in [0, 0.1) is 23.2 Å². The minimum atomic E-state index is -0.470. The molecule has 2 fully saturated rings. The second kappa shape index (κ2) is 5.84. The summed E-state index contributed by atoms with van der Waals surface area (Å²) in [7, 11) is 0. The van der Waals surface area contributed by atoms with Crippen LogP contribution in [-0.2, 0) is 9.53 Å². The molecule has 1 aliphatic carbocycles. The first-order chi connectivity index (χ1) is 12.5. The van der Waals surface area contributed by atoms with Gasteiger partial charge >= 0.3 is 6.09 Å². The fourth-order valence-electron chi connectivity index (χ4n) is 3.03. The van der Waals surface area contributed by atoms with Gasteiger partial charge in [-0.3, -0.25) is 9.69 Å². The maximum absolute atomic E-state index is 12.1. The number of cyclic esters (lactones) is 1. The number of hydrogen-bond acceptors (Lipinski definition) is 7. The van der Waals surface area contributed by atoms with E-state index in [-0.39, 0.29) is 36.2 Å². The fourth-order valence-corrected chi connectivity index (χ4v) is 3.03. The highest BCUT2D eigenvalue weighted by Crippen LogP contribution is 2.38. The molecule has 9 heteroatoms. The zero-order valence-electron chi connectivity index (χ0n) is 14.0. The lowest BCUT2D eigenvalue weighted by Crippen LogP contribution is -2.31. The summed E-state index contributed by atoms with van der Waals surface area (Å²) < 4.78 is 5.02. The minimum Gasteiger partial charge on any atom is -0.447 e. The van der Waals surface area contributed by atoms with Gasteiger partial charge in [0.15, 0.2) is 0 Å². The zero-order valence-corrected chi connectivity index (χ0v) is 14.0. The molecule has 3 heterocycles. The van der Waals surface area contributed by atoms with Crippen LogP contribution >= 0.6 is 0 Å². The van der Waals surface area contributed by atoms with Crippen molar-refractivity contribution in [1.82, 2.24) is 9.97 Å². The van der Waals surface area contributed by atoms with Gasteiger partial charge in [0.25, 0.3) is 0 Å². The lowest BCUT2D eigenvalue weighted by atomic mass is 10.2. The Bertz CT molecular complexity index is 969. The van der Waals surface area contributed by atoms with Gasteiger partial charge in [-0.25, -0.2) is 14.8 Å². The first-order valence-electron chi connectivity index (χ1n) is 8.20. The first kappa shape index (κ1) is 16.1. The molecule has 2 aliphatic rings. The number of nitrogen functional groups attached to an aromatic ring is 1. The number of nitrogens with two attached hydrogens (primary N) is 1. The van der Waals surface area contributed by atoms with Gasteiger partial charge < -0.3 is 15.8 Å². The number of anilines is 3. The van der Waals surface area contributed by atoms with Gasteiger partial charge in [0.2, 0.25) is 5.91 Å². The van der Waals surface area contributed by atoms with E-state index in [2.05, 4.69) is 21.4 Å². The van der Waals surface area contributed by atoms with Crippen LogP contribution < -0.4 is 16.0 Å². The maximum Gasteiger partial charge on any atom is 0.415 e. The number of carbonyl (C=O) groups is 2. The van der Waals surface area contributed by atoms with Gasteiger partial charge in [-0.2, -0.15) is 5.26 Å². The van der Waals surface area contributed by atoms with Crippen molar-refractivity contribution in [1.29, 1.82) is 5.26 Å². The van der Waals surface area contributed by atoms with E-state index in [0.717, 1.165) is 0 Å². The van der Waals surface area contributed by atoms with Crippen molar-refractivity contribution in [2.45, 2.75) is 19.4 Å². The fraction of sp³-hybridized carbons (Fsp3) is 0.353. The Morgan fingerprint density at radius 2 is 2.31 bits per heavy atom. The highest BCUT2D eigenvalue weighted by atomic mass is 16.6. The normalized spacial score (nSPS) is 24.2. The average Bonchev–Trinajstić information content (AvgIpc) is 3.33. The van der Waals surface area contributed by atoms with Gasteiger partial charge in [0.1, 0.15) is 24.1 Å². The number of rotatable bonds is 3. The van der Waals surface area contributed by atoms with Crippen LogP contribution in [0.4, 0.5) is 22.2 Å². The van der Waals surface area contributed by atoms with Crippen molar-refractivity contribution in [2.75, 3.05) is 22.6 Å². The second-order valence-corrected chi connectivity index (χ2v) is 6.52. The van der Waals surface area contributed by atoms with Gasteiger partial charge in [-0.05, 0) is 30.9 Å². The van der Waals surface area contributed by atoms with E-state index < -0.39 is 6.09 Å². The SMILES string of the molecule is C[C@H]1COC(=O)N1c1cc2cc(NC(=O)[C@@H]3CC3C#N)ncc2c(N)n1. The van der Waals surface area contributed by atoms with Crippen molar-refractivity contribution in [3.8, 4) is 6.07 Å². The van der Waals surface area contributed by atoms with Crippen molar-refractivity contribution >= 4 is 40.2 Å². The maximum atomic E-state index is 12.1. The van der Waals surface area contributed by atoms with E-state index in [0.29, 0.717) is 28.8 Å². The molecule has 0 aromatic carbocycles. The molecule has 26 heavy (non-hydrogen) atoms. The number of hydrogen-bond donors (Lipinski definition) is 2. The topological polar surface area (TPSA) is 134 Å². The van der Waals surface area contributed by atoms with E-state index in [1.165, 1.54) is 11.1 Å². The molecule has 3 N–H and O–H groups in total. The molecule has 1 saturated carbocycles. The van der Waals surface area contributed by atoms with Crippen molar-refractivity contribution in [2.24, 2.45) is 11.8 Å². The molecule has 2 aromatic heterocycles. The van der Waals surface area contributed by atoms with E-state index >= 15 is 0 Å². The third-order valence-electron chi connectivity index (χ3n) is 4.61. The Morgan fingerprint density at radius 3 is 2.96 bits per heavy atom. The summed E-state index contributed by atoms with van der Waals surface area (Å²) >= 11 is 0. The molecule has 1 saturated heterocycles. The third-order valence-corrected chi connectivity index (χ3v) is 4.61. The molecule has 3 atom stereocenters. The van der Waals surface area contributed by atoms with E-state index in [1.54, 1.807) is 12.1 Å². The largest absolute Gasteiger partial charge is 0.447 e. The third kappa shape index (κ3) is 2.65. The van der Waals surface area contributed by atoms with Gasteiger partial charge in [0, 0.05) is 11.6 Å². The van der Waals surface area contributed by atoms with Crippen LogP contribution in [0.2, 0.25) is 0 Å². The number of carbonyl (C=O) groups excluding carboxylic acids is 2. The number of nitrogens with one attached hydrogen (secondary N) is 1. The molecule has 4 rings (SSSR count). The predicted molar refractivity (Wildman–Crippen MR) is 93.1 cm³/mol. The smallest absolute Gasteiger partial charge is 0.415 e. The Hall–Kier alpha value is -3.41. The monoisotopic (exact) mass is 352 g/mol. The van der Waals surface area contributed by atoms with Crippen molar-refractivity contribution < 1.29 is 14.3 Å². The van der Waals surface area contributed by atoms with Crippen LogP contribution in [0.1, 0.15) is 13.3 Å². The van der Waals surface area contributed by atoms with Crippen molar-refractivity contribution in [3.05, 3.63) is 18.3 Å². The summed E-state index contributed by atoms with van der Waals surface area (Å²) in [6.45, 7) is 2.14. The molecule has 0 spiro atoms. The highest BCUT2D eigenvalue weighted by Gasteiger charge is 2.43. The summed E-state index contributed by atoms with van der Waals surface area (Å²) in [5.41, 5.74) is 6.01. The molecule has 132 valence electrons. The molecule has 0 radical (unpaired) electrons. The summed E-state index contributed by atoms with van der Waals surface area (Å²) in [6.07, 6.45) is 1.63. The predicted octanol–water partition coefficient (Wildman–Crippen LogP) is 1.66. The minimum absolute atomic E-state index is 0.148. The number of amides is 2. The van der Waals surface area contributed by atoms with E-state index in [1.807, 2.05) is 6.92 Å². The molecule has 1 aliphatic heterocycles. The van der Waals surface area contributed by atoms with Crippen LogP contribution in [0.3, 0.4) is 0 Å². The van der Waals surface area contributed by atoms with Crippen LogP contribution in [0.5, 0.6) is 0 Å². The lowest BCUT2D eigenvalue weighted by molar-refractivity contribution is -0.117. The zero-order chi connectivity index (χ0) is 18.4. The standard InChI is InChI=1S/C17H16N6O3/c1-8-7-26-17(25)23(8)14-4-9-3-13(20-6-12(9)15(19)22-14)21-16(24)11-2-10(11)5-18/h3-4,6,8,10-11H,2,7H2,1H3,(H2,19,22)(H,20,21,24)/t8-,10?,11+/m0/s1. The molecule has 2 aromatic rings. The van der Waals surface area contributed by atoms with E-state index in [4.69, 9.17) is 15.7 Å². The quantitative estimate of drug-likeness (QED) is 0.857. The summed E-state index contributed by atoms with van der Waals surface area (Å²) in [5.74, 6) is 0.268. The number of fused-ring (bicyclic) bond motifs is 1. The average molecular weight is 352 g/mol. The summed E-state index contributed by atoms with van der Waals surface area (Å²) in [6, 6.07) is 5.32. The summed E-state index contributed by atoms with van der Waals surface area (Å²) in [5, 5.41) is 12.9. The number of ether oxygens (including phenoxy) is 1. The molecular formula is C17H16N6O3. The lowest BCUT2D eigenvalue weighted by Gasteiger charge is -2.18. The van der Waals surface area contributed by atoms with Gasteiger partial charge in [-0.1, -0.05) is 0 Å². The second-order valence-electron chi connectivity index (χ2n) is 6.52. The first-order valence-corrected chi connectivity index (χ1v) is 8.20. The molecule has 9 nitrogen and oxygen atoms in total. The Labute approximate surface area is 148 Å². The summed E-state index contributed by atoms with van der Waals surface area (Å²) in [4.78, 5) is 33.9. The van der Waals surface area contributed by atoms with Gasteiger partial charge in [0.05, 0.1) is 23.9 Å². The Morgan fingerprint density at radius 1 is 1.50 bits per heavy atom. The molecule has 2 amide bonds. The molecule has 1 unspecified atom stereocenters. The van der Waals surface area contributed by atoms with Crippen molar-refractivity contribution in [3.63, 3.8) is 0 Å². The Balaban J connectivity index is 1.65. The van der Waals surface area contributed by atoms with Crippen LogP contribution in [0.15, 0.2) is 18.3 Å².